The van der Waals surface area contributed by atoms with Gasteiger partial charge in [-0.2, -0.15) is 0 Å². The number of amides is 1. The summed E-state index contributed by atoms with van der Waals surface area (Å²) in [6.07, 6.45) is 4.87. The zero-order valence-corrected chi connectivity index (χ0v) is 14.4. The molecule has 0 saturated heterocycles. The fraction of sp³-hybridized carbons (Fsp3) is 0.882. The highest BCUT2D eigenvalue weighted by atomic mass is 16.6. The van der Waals surface area contributed by atoms with Gasteiger partial charge in [-0.3, -0.25) is 4.79 Å². The maximum Gasteiger partial charge on any atom is 0.408 e. The number of hydrogen-bond donors (Lipinski definition) is 1. The van der Waals surface area contributed by atoms with Crippen LogP contribution in [0, 0.1) is 11.3 Å². The van der Waals surface area contributed by atoms with Crippen molar-refractivity contribution in [3.63, 3.8) is 0 Å². The minimum Gasteiger partial charge on any atom is -0.444 e. The van der Waals surface area contributed by atoms with E-state index in [0.717, 1.165) is 19.3 Å². The topological polar surface area (TPSA) is 55.4 Å². The molecule has 1 aliphatic rings. The Bertz CT molecular complexity index is 372. The van der Waals surface area contributed by atoms with Gasteiger partial charge >= 0.3 is 6.09 Å². The van der Waals surface area contributed by atoms with Crippen molar-refractivity contribution < 1.29 is 14.3 Å². The van der Waals surface area contributed by atoms with Crippen LogP contribution in [0.25, 0.3) is 0 Å². The van der Waals surface area contributed by atoms with Gasteiger partial charge < -0.3 is 10.1 Å². The highest BCUT2D eigenvalue weighted by Gasteiger charge is 2.30. The van der Waals surface area contributed by atoms with Crippen LogP contribution in [0.4, 0.5) is 4.79 Å². The molecule has 0 aliphatic heterocycles. The first-order chi connectivity index (χ1) is 9.48. The van der Waals surface area contributed by atoms with Crippen LogP contribution >= 0.6 is 0 Å². The molecule has 1 unspecified atom stereocenters. The van der Waals surface area contributed by atoms with Crippen molar-refractivity contribution in [3.8, 4) is 0 Å². The third-order valence-corrected chi connectivity index (χ3v) is 4.21. The second kappa shape index (κ2) is 6.80. The summed E-state index contributed by atoms with van der Waals surface area (Å²) in [5.74, 6) is 0.521. The molecule has 1 atom stereocenters. The van der Waals surface area contributed by atoms with Crippen LogP contribution in [0.15, 0.2) is 0 Å². The summed E-state index contributed by atoms with van der Waals surface area (Å²) >= 11 is 0. The molecule has 4 heteroatoms. The quantitative estimate of drug-likeness (QED) is 0.850. The van der Waals surface area contributed by atoms with E-state index in [0.29, 0.717) is 11.3 Å². The summed E-state index contributed by atoms with van der Waals surface area (Å²) in [5.41, 5.74) is -0.124. The molecule has 0 aromatic rings. The van der Waals surface area contributed by atoms with Gasteiger partial charge in [-0.15, -0.1) is 0 Å². The van der Waals surface area contributed by atoms with Gasteiger partial charge in [0.25, 0.3) is 0 Å². The maximum absolute atomic E-state index is 11.8. The number of alkyl carbamates (subject to hydrolysis) is 1. The molecular weight excluding hydrogens is 266 g/mol. The molecule has 122 valence electrons. The summed E-state index contributed by atoms with van der Waals surface area (Å²) in [6.45, 7) is 11.6. The predicted molar refractivity (Wildman–Crippen MR) is 84.2 cm³/mol. The standard InChI is InChI=1S/C17H31NO3/c1-12(19)14(18-15(20)21-16(2,3)4)11-13-7-9-17(5,6)10-8-13/h13-14H,7-11H2,1-6H3,(H,18,20). The zero-order chi connectivity index (χ0) is 16.3. The molecule has 4 nitrogen and oxygen atoms in total. The predicted octanol–water partition coefficient (Wildman–Crippen LogP) is 4.08. The van der Waals surface area contributed by atoms with Gasteiger partial charge in [0.2, 0.25) is 0 Å². The van der Waals surface area contributed by atoms with E-state index in [1.807, 2.05) is 20.8 Å². The highest BCUT2D eigenvalue weighted by molar-refractivity contribution is 5.85. The average molecular weight is 297 g/mol. The second-order valence-electron chi connectivity index (χ2n) is 8.15. The van der Waals surface area contributed by atoms with E-state index in [1.165, 1.54) is 19.8 Å². The molecule has 0 radical (unpaired) electrons. The number of rotatable bonds is 4. The SMILES string of the molecule is CC(=O)C(CC1CCC(C)(C)CC1)NC(=O)OC(C)(C)C. The minimum absolute atomic E-state index is 0.00527. The Morgan fingerprint density at radius 2 is 1.76 bits per heavy atom. The van der Waals surface area contributed by atoms with Gasteiger partial charge in [-0.1, -0.05) is 13.8 Å². The Hall–Kier alpha value is -1.06. The molecule has 1 N–H and O–H groups in total. The van der Waals surface area contributed by atoms with Crippen LogP contribution < -0.4 is 5.32 Å². The van der Waals surface area contributed by atoms with E-state index in [-0.39, 0.29) is 5.78 Å². The number of hydrogen-bond acceptors (Lipinski definition) is 3. The van der Waals surface area contributed by atoms with Crippen molar-refractivity contribution in [3.05, 3.63) is 0 Å². The molecule has 0 spiro atoms. The van der Waals surface area contributed by atoms with Gasteiger partial charge in [0, 0.05) is 0 Å². The van der Waals surface area contributed by atoms with Crippen LogP contribution in [0.3, 0.4) is 0 Å². The lowest BCUT2D eigenvalue weighted by Gasteiger charge is -2.35. The van der Waals surface area contributed by atoms with E-state index in [1.54, 1.807) is 0 Å². The summed E-state index contributed by atoms with van der Waals surface area (Å²) < 4.78 is 5.24. The third kappa shape index (κ3) is 6.96. The lowest BCUT2D eigenvalue weighted by Crippen LogP contribution is -2.44. The van der Waals surface area contributed by atoms with Crippen molar-refractivity contribution >= 4 is 11.9 Å². The Balaban J connectivity index is 2.51. The number of ether oxygens (including phenoxy) is 1. The largest absolute Gasteiger partial charge is 0.444 e. The molecule has 0 heterocycles. The molecule has 0 aromatic carbocycles. The molecular formula is C17H31NO3. The fourth-order valence-corrected chi connectivity index (χ4v) is 2.80. The van der Waals surface area contributed by atoms with Crippen LogP contribution in [-0.4, -0.2) is 23.5 Å². The first-order valence-corrected chi connectivity index (χ1v) is 7.98. The van der Waals surface area contributed by atoms with Crippen LogP contribution in [0.2, 0.25) is 0 Å². The van der Waals surface area contributed by atoms with E-state index in [4.69, 9.17) is 4.74 Å². The lowest BCUT2D eigenvalue weighted by atomic mass is 9.71. The maximum atomic E-state index is 11.8. The Kier molecular flexibility index (Phi) is 5.83. The minimum atomic E-state index is -0.541. The van der Waals surface area contributed by atoms with Crippen LogP contribution in [-0.2, 0) is 9.53 Å². The monoisotopic (exact) mass is 297 g/mol. The number of carbonyl (C=O) groups is 2. The number of nitrogens with one attached hydrogen (secondary N) is 1. The molecule has 1 fully saturated rings. The summed E-state index contributed by atoms with van der Waals surface area (Å²) in [4.78, 5) is 23.6. The van der Waals surface area contributed by atoms with Gasteiger partial charge in [0.05, 0.1) is 6.04 Å². The summed E-state index contributed by atoms with van der Waals surface area (Å²) in [6, 6.07) is -0.425. The average Bonchev–Trinajstić information content (AvgIpc) is 2.28. The Morgan fingerprint density at radius 3 is 2.19 bits per heavy atom. The van der Waals surface area contributed by atoms with Gasteiger partial charge in [-0.25, -0.2) is 4.79 Å². The van der Waals surface area contributed by atoms with E-state index in [2.05, 4.69) is 19.2 Å². The second-order valence-corrected chi connectivity index (χ2v) is 8.15. The molecule has 0 aromatic heterocycles. The van der Waals surface area contributed by atoms with E-state index in [9.17, 15) is 9.59 Å². The first kappa shape index (κ1) is 18.0. The van der Waals surface area contributed by atoms with Crippen LogP contribution in [0.5, 0.6) is 0 Å². The Morgan fingerprint density at radius 1 is 1.24 bits per heavy atom. The van der Waals surface area contributed by atoms with Crippen molar-refractivity contribution in [2.45, 2.75) is 85.3 Å². The normalized spacial score (nSPS) is 20.7. The molecule has 1 amide bonds. The van der Waals surface area contributed by atoms with Gasteiger partial charge in [0.1, 0.15) is 5.60 Å². The fourth-order valence-electron chi connectivity index (χ4n) is 2.80. The van der Waals surface area contributed by atoms with Crippen LogP contribution in [0.1, 0.15) is 73.6 Å². The molecule has 1 saturated carbocycles. The highest BCUT2D eigenvalue weighted by Crippen LogP contribution is 2.39. The number of carbonyl (C=O) groups excluding carboxylic acids is 2. The number of Topliss-reactive ketones (excluding diaryl/α,β-unsaturated/α-hetero) is 1. The summed E-state index contributed by atoms with van der Waals surface area (Å²) in [7, 11) is 0. The van der Waals surface area contributed by atoms with Crippen molar-refractivity contribution in [2.75, 3.05) is 0 Å². The zero-order valence-electron chi connectivity index (χ0n) is 14.4. The lowest BCUT2D eigenvalue weighted by molar-refractivity contribution is -0.119. The van der Waals surface area contributed by atoms with Crippen molar-refractivity contribution in [1.29, 1.82) is 0 Å². The Labute approximate surface area is 129 Å². The summed E-state index contributed by atoms with van der Waals surface area (Å²) in [5, 5.41) is 2.73. The molecule has 21 heavy (non-hydrogen) atoms. The first-order valence-electron chi connectivity index (χ1n) is 7.98. The number of ketones is 1. The smallest absolute Gasteiger partial charge is 0.408 e. The van der Waals surface area contributed by atoms with Crippen molar-refractivity contribution in [2.24, 2.45) is 11.3 Å². The molecule has 1 aliphatic carbocycles. The third-order valence-electron chi connectivity index (χ3n) is 4.21. The molecule has 0 bridgehead atoms. The van der Waals surface area contributed by atoms with Crippen molar-refractivity contribution in [1.82, 2.24) is 5.32 Å². The van der Waals surface area contributed by atoms with E-state index < -0.39 is 17.7 Å². The molecule has 1 rings (SSSR count). The van der Waals surface area contributed by atoms with E-state index >= 15 is 0 Å². The van der Waals surface area contributed by atoms with Gasteiger partial charge in [-0.05, 0) is 71.1 Å². The van der Waals surface area contributed by atoms with Gasteiger partial charge in [0.15, 0.2) is 5.78 Å².